The molecule has 0 saturated heterocycles. The zero-order valence-electron chi connectivity index (χ0n) is 1.88. The minimum absolute atomic E-state index is 0. The van der Waals surface area contributed by atoms with Crippen LogP contribution in [0, 0.1) is 0 Å². The van der Waals surface area contributed by atoms with Gasteiger partial charge >= 0.3 is 47.4 Å². The molecule has 0 aliphatic rings. The molecule has 0 radical (unpaired) electrons. The van der Waals surface area contributed by atoms with Gasteiger partial charge in [-0.3, -0.25) is 0 Å². The van der Waals surface area contributed by atoms with Gasteiger partial charge in [0.25, 0.3) is 0 Å². The van der Waals surface area contributed by atoms with Gasteiger partial charge in [-0.15, -0.1) is 0 Å². The van der Waals surface area contributed by atoms with E-state index in [0.29, 0.717) is 0 Å². The van der Waals surface area contributed by atoms with Gasteiger partial charge in [0.15, 0.2) is 0 Å². The monoisotopic (exact) mass is 140 g/mol. The molecule has 38 valence electrons. The van der Waals surface area contributed by atoms with Crippen molar-refractivity contribution in [3.63, 3.8) is 0 Å². The van der Waals surface area contributed by atoms with E-state index in [1.54, 1.807) is 0 Å². The molecule has 6 heavy (non-hydrogen) atoms. The van der Waals surface area contributed by atoms with Gasteiger partial charge in [0.1, 0.15) is 0 Å². The maximum atomic E-state index is 9.91. The Bertz CT molecular complexity index is 56.9. The molecule has 0 saturated carbocycles. The van der Waals surface area contributed by atoms with Crippen molar-refractivity contribution in [2.45, 2.75) is 0 Å². The first-order valence-corrected chi connectivity index (χ1v) is 2.12. The molecular formula is HCoF3LiO. The molecule has 0 bridgehead atoms. The first kappa shape index (κ1) is 9.85. The van der Waals surface area contributed by atoms with Crippen molar-refractivity contribution in [3.8, 4) is 0 Å². The van der Waals surface area contributed by atoms with Crippen LogP contribution >= 0.6 is 0 Å². The van der Waals surface area contributed by atoms with E-state index in [9.17, 15) is 10.7 Å². The summed E-state index contributed by atoms with van der Waals surface area (Å²) < 4.78 is 37.9. The Morgan fingerprint density at radius 1 is 1.17 bits per heavy atom. The third-order valence-corrected chi connectivity index (χ3v) is 0. The van der Waals surface area contributed by atoms with Crippen molar-refractivity contribution >= 4 is 18.9 Å². The predicted molar refractivity (Wildman–Crippen MR) is 11.2 cm³/mol. The molecule has 6 heteroatoms. The second-order valence-electron chi connectivity index (χ2n) is 0.297. The van der Waals surface area contributed by atoms with Crippen molar-refractivity contribution in [1.29, 1.82) is 0 Å². The van der Waals surface area contributed by atoms with Crippen LogP contribution in [0.5, 0.6) is 0 Å². The third-order valence-electron chi connectivity index (χ3n) is 0. The van der Waals surface area contributed by atoms with Gasteiger partial charge in [-0.05, 0) is 0 Å². The van der Waals surface area contributed by atoms with Crippen molar-refractivity contribution < 1.29 is 28.5 Å². The Balaban J connectivity index is 0. The summed E-state index contributed by atoms with van der Waals surface area (Å²) in [4.78, 5) is 0. The molecule has 0 fully saturated rings. The van der Waals surface area contributed by atoms with Gasteiger partial charge in [-0.2, -0.15) is 0 Å². The fourth-order valence-corrected chi connectivity index (χ4v) is 0. The van der Waals surface area contributed by atoms with E-state index in [1.165, 1.54) is 0 Å². The molecule has 0 aliphatic carbocycles. The molecule has 0 aromatic rings. The van der Waals surface area contributed by atoms with Gasteiger partial charge in [0, 0.05) is 0 Å². The van der Waals surface area contributed by atoms with Crippen LogP contribution in [0.15, 0.2) is 0 Å². The van der Waals surface area contributed by atoms with Crippen LogP contribution in [-0.4, -0.2) is 18.9 Å². The fraction of sp³-hybridized carbons (Fsp3) is 0. The fourth-order valence-electron chi connectivity index (χ4n) is 0. The third kappa shape index (κ3) is 133. The molecule has 0 heterocycles. The topological polar surface area (TPSA) is 17.1 Å². The van der Waals surface area contributed by atoms with Crippen LogP contribution in [0.2, 0.25) is 0 Å². The summed E-state index contributed by atoms with van der Waals surface area (Å²) in [7, 11) is 0. The summed E-state index contributed by atoms with van der Waals surface area (Å²) in [5.41, 5.74) is 0. The molecule has 1 nitrogen and oxygen atoms in total. The van der Waals surface area contributed by atoms with Gasteiger partial charge in [0.05, 0.1) is 0 Å². The van der Waals surface area contributed by atoms with Crippen molar-refractivity contribution in [1.82, 2.24) is 0 Å². The standard InChI is InChI=1S/Co.3FH.Li.O.H/h;3*1H;;;/q+3;;;;;;/p-3. The second-order valence-corrected chi connectivity index (χ2v) is 1.23. The van der Waals surface area contributed by atoms with Gasteiger partial charge in [-0.1, -0.05) is 0 Å². The Morgan fingerprint density at radius 2 is 1.17 bits per heavy atom. The molecule has 0 aromatic heterocycles. The second kappa shape index (κ2) is 2.80. The van der Waals surface area contributed by atoms with Crippen LogP contribution < -0.4 is 0 Å². The molecule has 0 aromatic carbocycles. The summed E-state index contributed by atoms with van der Waals surface area (Å²) >= 11 is -6.12. The molecule has 0 rings (SSSR count). The Kier molecular flexibility index (Phi) is 4.60. The molecule has 0 unspecified atom stereocenters. The zero-order valence-corrected chi connectivity index (χ0v) is 2.92. The summed E-state index contributed by atoms with van der Waals surface area (Å²) in [5, 5.41) is 0. The molecule has 0 atom stereocenters. The molecule has 0 aliphatic heterocycles. The number of rotatable bonds is 0. The first-order valence-electron chi connectivity index (χ1n) is 0.514. The number of hydrogen-bond donors (Lipinski definition) is 0. The van der Waals surface area contributed by atoms with E-state index >= 15 is 0 Å². The van der Waals surface area contributed by atoms with Gasteiger partial charge in [-0.25, -0.2) is 0 Å². The SMILES string of the molecule is [LiH].[O]=[Co]([F])([F])[F]. The summed E-state index contributed by atoms with van der Waals surface area (Å²) in [6.07, 6.45) is 0. The van der Waals surface area contributed by atoms with E-state index < -0.39 is 13.9 Å². The number of halogens is 3. The first-order chi connectivity index (χ1) is 2.00. The van der Waals surface area contributed by atoms with Crippen LogP contribution in [0.25, 0.3) is 0 Å². The van der Waals surface area contributed by atoms with E-state index in [-0.39, 0.29) is 18.9 Å². The van der Waals surface area contributed by atoms with Crippen molar-refractivity contribution in [2.24, 2.45) is 0 Å². The Hall–Kier alpha value is 0.694. The van der Waals surface area contributed by atoms with Crippen LogP contribution in [0.4, 0.5) is 10.7 Å². The molecule has 0 N–H and O–H groups in total. The van der Waals surface area contributed by atoms with Crippen molar-refractivity contribution in [3.05, 3.63) is 0 Å². The normalized spacial score (nSPS) is 12.5. The van der Waals surface area contributed by atoms with Crippen LogP contribution in [0.3, 0.4) is 0 Å². The molecular weight excluding hydrogens is 139 g/mol. The van der Waals surface area contributed by atoms with E-state index in [2.05, 4.69) is 0 Å². The van der Waals surface area contributed by atoms with Gasteiger partial charge < -0.3 is 0 Å². The average Bonchev–Trinajstić information content (AvgIpc) is 0.722. The quantitative estimate of drug-likeness (QED) is 0.447. The minimum atomic E-state index is -6.12. The summed E-state index contributed by atoms with van der Waals surface area (Å²) in [6.45, 7) is 0. The van der Waals surface area contributed by atoms with E-state index in [0.717, 1.165) is 0 Å². The molecule has 0 amide bonds. The Morgan fingerprint density at radius 3 is 1.17 bits per heavy atom. The van der Waals surface area contributed by atoms with Crippen LogP contribution in [0.1, 0.15) is 0 Å². The number of hydrogen-bond acceptors (Lipinski definition) is 1. The van der Waals surface area contributed by atoms with E-state index in [4.69, 9.17) is 3.87 Å². The summed E-state index contributed by atoms with van der Waals surface area (Å²) in [5.74, 6) is 0. The zero-order chi connectivity index (χ0) is 4.50. The average molecular weight is 140 g/mol. The summed E-state index contributed by atoms with van der Waals surface area (Å²) in [6, 6.07) is 0. The Labute approximate surface area is 47.8 Å². The predicted octanol–water partition coefficient (Wildman–Crippen LogP) is 0.491. The van der Waals surface area contributed by atoms with E-state index in [1.807, 2.05) is 0 Å². The van der Waals surface area contributed by atoms with Gasteiger partial charge in [0.2, 0.25) is 0 Å². The maximum absolute atomic E-state index is 9.91. The molecule has 0 spiro atoms. The van der Waals surface area contributed by atoms with Crippen LogP contribution in [-0.2, 0) is 17.8 Å². The van der Waals surface area contributed by atoms with Crippen molar-refractivity contribution in [2.75, 3.05) is 0 Å².